The van der Waals surface area contributed by atoms with Crippen molar-refractivity contribution < 1.29 is 8.42 Å². The van der Waals surface area contributed by atoms with E-state index in [9.17, 15) is 8.42 Å². The first-order chi connectivity index (χ1) is 12.8. The van der Waals surface area contributed by atoms with Crippen LogP contribution in [0, 0.1) is 6.92 Å². The number of guanidine groups is 1. The van der Waals surface area contributed by atoms with Crippen LogP contribution < -0.4 is 15.8 Å². The van der Waals surface area contributed by atoms with Gasteiger partial charge in [-0.05, 0) is 42.5 Å². The highest BCUT2D eigenvalue weighted by Gasteiger charge is 2.08. The molecule has 0 heterocycles. The van der Waals surface area contributed by atoms with Crippen molar-refractivity contribution >= 4 is 16.0 Å². The first kappa shape index (κ1) is 20.9. The zero-order chi connectivity index (χ0) is 19.9. The quantitative estimate of drug-likeness (QED) is 0.500. The summed E-state index contributed by atoms with van der Waals surface area (Å²) in [7, 11) is -1.90. The van der Waals surface area contributed by atoms with Crippen molar-refractivity contribution in [2.24, 2.45) is 10.1 Å². The van der Waals surface area contributed by atoms with Crippen LogP contribution in [0.25, 0.3) is 0 Å². The number of hydrogen-bond acceptors (Lipinski definition) is 3. The Kier molecular flexibility index (Phi) is 7.38. The van der Waals surface area contributed by atoms with Gasteiger partial charge in [-0.1, -0.05) is 48.9 Å². The summed E-state index contributed by atoms with van der Waals surface area (Å²) >= 11 is 0. The molecule has 6 nitrogen and oxygen atoms in total. The molecule has 0 radical (unpaired) electrons. The highest BCUT2D eigenvalue weighted by atomic mass is 32.2. The molecule has 0 fully saturated rings. The van der Waals surface area contributed by atoms with E-state index >= 15 is 0 Å². The molecule has 1 unspecified atom stereocenters. The molecular formula is C20H28N4O2S. The lowest BCUT2D eigenvalue weighted by molar-refractivity contribution is 0.598. The first-order valence-corrected chi connectivity index (χ1v) is 10.5. The van der Waals surface area contributed by atoms with E-state index in [4.69, 9.17) is 5.14 Å². The number of hydrogen-bond donors (Lipinski definition) is 3. The van der Waals surface area contributed by atoms with Gasteiger partial charge in [0, 0.05) is 20.1 Å². The highest BCUT2D eigenvalue weighted by Crippen LogP contribution is 2.15. The van der Waals surface area contributed by atoms with E-state index in [0.717, 1.165) is 24.5 Å². The summed E-state index contributed by atoms with van der Waals surface area (Å²) in [6.07, 6.45) is 0.749. The van der Waals surface area contributed by atoms with Crippen molar-refractivity contribution in [2.75, 3.05) is 20.1 Å². The van der Waals surface area contributed by atoms with Gasteiger partial charge in [-0.25, -0.2) is 13.6 Å². The third-order valence-corrected chi connectivity index (χ3v) is 5.30. The van der Waals surface area contributed by atoms with E-state index in [-0.39, 0.29) is 4.90 Å². The lowest BCUT2D eigenvalue weighted by atomic mass is 9.99. The van der Waals surface area contributed by atoms with Gasteiger partial charge in [-0.2, -0.15) is 0 Å². The van der Waals surface area contributed by atoms with Crippen molar-refractivity contribution in [3.8, 4) is 0 Å². The Labute approximate surface area is 162 Å². The topological polar surface area (TPSA) is 96.6 Å². The molecule has 0 bridgehead atoms. The summed E-state index contributed by atoms with van der Waals surface area (Å²) in [4.78, 5) is 4.37. The van der Waals surface area contributed by atoms with Crippen LogP contribution >= 0.6 is 0 Å². The number of aliphatic imine (C=N–C) groups is 1. The molecule has 7 heteroatoms. The molecule has 1 atom stereocenters. The minimum Gasteiger partial charge on any atom is -0.356 e. The molecule has 2 aromatic rings. The lowest BCUT2D eigenvalue weighted by Gasteiger charge is -2.17. The number of nitrogens with two attached hydrogens (primary N) is 1. The molecule has 0 saturated carbocycles. The molecule has 4 N–H and O–H groups in total. The lowest BCUT2D eigenvalue weighted by Crippen LogP contribution is -2.39. The second-order valence-electron chi connectivity index (χ2n) is 6.63. The van der Waals surface area contributed by atoms with Crippen LogP contribution in [0.2, 0.25) is 0 Å². The van der Waals surface area contributed by atoms with Crippen LogP contribution in [0.4, 0.5) is 0 Å². The zero-order valence-corrected chi connectivity index (χ0v) is 16.9. The molecular weight excluding hydrogens is 360 g/mol. The Bertz CT molecular complexity index is 877. The standard InChI is InChI=1S/C20H28N4O2S/c1-15-5-4-6-18(13-15)16(2)14-24-20(22-3)23-12-11-17-7-9-19(10-8-17)27(21,25)26/h4-10,13,16H,11-12,14H2,1-3H3,(H2,21,25,26)(H2,22,23,24). The number of primary sulfonamides is 1. The van der Waals surface area contributed by atoms with E-state index in [0.29, 0.717) is 12.5 Å². The van der Waals surface area contributed by atoms with Gasteiger partial charge in [0.25, 0.3) is 0 Å². The van der Waals surface area contributed by atoms with Crippen molar-refractivity contribution in [3.63, 3.8) is 0 Å². The minimum absolute atomic E-state index is 0.127. The van der Waals surface area contributed by atoms with Gasteiger partial charge in [-0.15, -0.1) is 0 Å². The van der Waals surface area contributed by atoms with Gasteiger partial charge in [-0.3, -0.25) is 4.99 Å². The number of benzene rings is 2. The molecule has 146 valence electrons. The third-order valence-electron chi connectivity index (χ3n) is 4.37. The normalized spacial score (nSPS) is 13.3. The van der Waals surface area contributed by atoms with E-state index in [1.807, 2.05) is 0 Å². The Morgan fingerprint density at radius 3 is 2.44 bits per heavy atom. The maximum absolute atomic E-state index is 11.3. The molecule has 0 spiro atoms. The molecule has 0 amide bonds. The number of rotatable bonds is 7. The Balaban J connectivity index is 1.80. The van der Waals surface area contributed by atoms with Crippen LogP contribution in [0.1, 0.15) is 29.5 Å². The molecule has 2 aromatic carbocycles. The maximum Gasteiger partial charge on any atom is 0.238 e. The molecule has 27 heavy (non-hydrogen) atoms. The highest BCUT2D eigenvalue weighted by molar-refractivity contribution is 7.89. The van der Waals surface area contributed by atoms with Gasteiger partial charge in [0.2, 0.25) is 10.0 Å². The van der Waals surface area contributed by atoms with Crippen LogP contribution in [0.15, 0.2) is 58.4 Å². The van der Waals surface area contributed by atoms with E-state index in [1.54, 1.807) is 19.2 Å². The molecule has 0 aliphatic carbocycles. The van der Waals surface area contributed by atoms with Crippen molar-refractivity contribution in [2.45, 2.75) is 31.1 Å². The largest absolute Gasteiger partial charge is 0.356 e. The molecule has 0 aliphatic heterocycles. The second-order valence-corrected chi connectivity index (χ2v) is 8.20. The fourth-order valence-electron chi connectivity index (χ4n) is 2.74. The van der Waals surface area contributed by atoms with Crippen LogP contribution in [0.5, 0.6) is 0 Å². The van der Waals surface area contributed by atoms with Gasteiger partial charge in [0.15, 0.2) is 5.96 Å². The number of nitrogens with zero attached hydrogens (tertiary/aromatic N) is 1. The summed E-state index contributed by atoms with van der Waals surface area (Å²) in [5.41, 5.74) is 3.58. The second kappa shape index (κ2) is 9.53. The summed E-state index contributed by atoms with van der Waals surface area (Å²) in [5.74, 6) is 1.12. The molecule has 0 aromatic heterocycles. The Hall–Kier alpha value is -2.38. The van der Waals surface area contributed by atoms with Crippen LogP contribution in [-0.2, 0) is 16.4 Å². The van der Waals surface area contributed by atoms with E-state index < -0.39 is 10.0 Å². The SMILES string of the molecule is CN=C(NCCc1ccc(S(N)(=O)=O)cc1)NCC(C)c1cccc(C)c1. The average Bonchev–Trinajstić information content (AvgIpc) is 2.64. The Morgan fingerprint density at radius 2 is 1.85 bits per heavy atom. The summed E-state index contributed by atoms with van der Waals surface area (Å²) in [6, 6.07) is 15.1. The van der Waals surface area contributed by atoms with E-state index in [2.05, 4.69) is 53.7 Å². The maximum atomic E-state index is 11.3. The van der Waals surface area contributed by atoms with Gasteiger partial charge in [0.1, 0.15) is 0 Å². The zero-order valence-electron chi connectivity index (χ0n) is 16.1. The van der Waals surface area contributed by atoms with Gasteiger partial charge < -0.3 is 10.6 Å². The van der Waals surface area contributed by atoms with Crippen molar-refractivity contribution in [3.05, 3.63) is 65.2 Å². The summed E-state index contributed by atoms with van der Waals surface area (Å²) in [6.45, 7) is 5.75. The monoisotopic (exact) mass is 388 g/mol. The van der Waals surface area contributed by atoms with Gasteiger partial charge >= 0.3 is 0 Å². The third kappa shape index (κ3) is 6.69. The fraction of sp³-hybridized carbons (Fsp3) is 0.350. The summed E-state index contributed by atoms with van der Waals surface area (Å²) in [5, 5.41) is 11.7. The minimum atomic E-state index is -3.64. The predicted molar refractivity (Wildman–Crippen MR) is 110 cm³/mol. The molecule has 0 saturated heterocycles. The van der Waals surface area contributed by atoms with Crippen LogP contribution in [-0.4, -0.2) is 34.5 Å². The molecule has 2 rings (SSSR count). The smallest absolute Gasteiger partial charge is 0.238 e. The molecule has 0 aliphatic rings. The Morgan fingerprint density at radius 1 is 1.15 bits per heavy atom. The van der Waals surface area contributed by atoms with Crippen molar-refractivity contribution in [1.82, 2.24) is 10.6 Å². The first-order valence-electron chi connectivity index (χ1n) is 8.92. The fourth-order valence-corrected chi connectivity index (χ4v) is 3.25. The average molecular weight is 389 g/mol. The number of aryl methyl sites for hydroxylation is 1. The van der Waals surface area contributed by atoms with Crippen LogP contribution in [0.3, 0.4) is 0 Å². The van der Waals surface area contributed by atoms with Gasteiger partial charge in [0.05, 0.1) is 4.90 Å². The van der Waals surface area contributed by atoms with E-state index in [1.165, 1.54) is 23.3 Å². The number of nitrogens with one attached hydrogen (secondary N) is 2. The summed E-state index contributed by atoms with van der Waals surface area (Å²) < 4.78 is 22.6. The number of sulfonamides is 1. The van der Waals surface area contributed by atoms with Crippen molar-refractivity contribution in [1.29, 1.82) is 0 Å². The predicted octanol–water partition coefficient (Wildman–Crippen LogP) is 2.15.